The molecule has 3 aliphatic rings. The lowest BCUT2D eigenvalue weighted by Crippen LogP contribution is -2.36. The van der Waals surface area contributed by atoms with E-state index in [1.165, 1.54) is 28.1 Å². The van der Waals surface area contributed by atoms with Gasteiger partial charge in [0, 0.05) is 75.4 Å². The van der Waals surface area contributed by atoms with E-state index in [9.17, 15) is 4.79 Å². The summed E-state index contributed by atoms with van der Waals surface area (Å²) >= 11 is 0. The molecule has 0 unspecified atom stereocenters. The second kappa shape index (κ2) is 8.58. The molecule has 1 saturated heterocycles. The van der Waals surface area contributed by atoms with Gasteiger partial charge in [-0.3, -0.25) is 14.2 Å². The maximum atomic E-state index is 12.2. The highest BCUT2D eigenvalue weighted by atomic mass is 16.5. The molecular weight excluding hydrogens is 428 g/mol. The van der Waals surface area contributed by atoms with Crippen molar-refractivity contribution in [2.75, 3.05) is 31.2 Å². The minimum Gasteiger partial charge on any atom is -0.381 e. The highest BCUT2D eigenvalue weighted by Gasteiger charge is 2.33. The van der Waals surface area contributed by atoms with Crippen molar-refractivity contribution in [2.24, 2.45) is 7.05 Å². The van der Waals surface area contributed by atoms with Gasteiger partial charge in [0.05, 0.1) is 18.8 Å². The molecule has 8 nitrogen and oxygen atoms in total. The average molecular weight is 461 g/mol. The van der Waals surface area contributed by atoms with Crippen molar-refractivity contribution >= 4 is 17.4 Å². The fraction of sp³-hybridized carbons (Fsp3) is 0.500. The number of carbonyl (C=O) groups is 1. The van der Waals surface area contributed by atoms with Crippen molar-refractivity contribution in [2.45, 2.75) is 51.6 Å². The standard InChI is InChI=1S/C26H32N6O2/c1-18(33)30-11-7-25-23(17-30)26(28-32(25)22-8-12-34-13-9-22)31-10-3-4-20-14-19(5-6-24(20)31)21-15-27-29(2)16-21/h5-6,14-16,22H,3-4,7-13,17H2,1-2H3. The molecule has 0 saturated carbocycles. The predicted molar refractivity (Wildman–Crippen MR) is 130 cm³/mol. The van der Waals surface area contributed by atoms with Crippen molar-refractivity contribution in [3.05, 3.63) is 47.4 Å². The van der Waals surface area contributed by atoms with Gasteiger partial charge < -0.3 is 14.5 Å². The summed E-state index contributed by atoms with van der Waals surface area (Å²) in [5.74, 6) is 1.16. The molecule has 0 radical (unpaired) electrons. The summed E-state index contributed by atoms with van der Waals surface area (Å²) < 4.78 is 9.75. The molecule has 2 aromatic heterocycles. The van der Waals surface area contributed by atoms with Crippen LogP contribution >= 0.6 is 0 Å². The highest BCUT2D eigenvalue weighted by Crippen LogP contribution is 2.40. The largest absolute Gasteiger partial charge is 0.381 e. The lowest BCUT2D eigenvalue weighted by atomic mass is 9.96. The molecule has 1 aromatic carbocycles. The lowest BCUT2D eigenvalue weighted by molar-refractivity contribution is -0.129. The Morgan fingerprint density at radius 1 is 1.12 bits per heavy atom. The molecule has 8 heteroatoms. The Kier molecular flexibility index (Phi) is 5.40. The van der Waals surface area contributed by atoms with Crippen LogP contribution < -0.4 is 4.90 Å². The van der Waals surface area contributed by atoms with E-state index in [0.29, 0.717) is 12.6 Å². The number of rotatable bonds is 3. The maximum Gasteiger partial charge on any atom is 0.219 e. The van der Waals surface area contributed by atoms with Gasteiger partial charge in [-0.1, -0.05) is 6.07 Å². The van der Waals surface area contributed by atoms with E-state index in [2.05, 4.69) is 39.1 Å². The Hall–Kier alpha value is -3.13. The number of hydrogen-bond acceptors (Lipinski definition) is 5. The summed E-state index contributed by atoms with van der Waals surface area (Å²) in [6, 6.07) is 7.11. The Morgan fingerprint density at radius 3 is 2.74 bits per heavy atom. The normalized spacial score (nSPS) is 18.6. The van der Waals surface area contributed by atoms with Gasteiger partial charge in [0.15, 0.2) is 5.82 Å². The van der Waals surface area contributed by atoms with E-state index < -0.39 is 0 Å². The zero-order chi connectivity index (χ0) is 23.2. The number of anilines is 2. The van der Waals surface area contributed by atoms with Crippen molar-refractivity contribution in [3.63, 3.8) is 0 Å². The van der Waals surface area contributed by atoms with E-state index in [-0.39, 0.29) is 5.91 Å². The van der Waals surface area contributed by atoms with Crippen LogP contribution in [-0.4, -0.2) is 56.7 Å². The monoisotopic (exact) mass is 460 g/mol. The summed E-state index contributed by atoms with van der Waals surface area (Å²) in [5, 5.41) is 9.59. The van der Waals surface area contributed by atoms with Crippen molar-refractivity contribution in [1.29, 1.82) is 0 Å². The van der Waals surface area contributed by atoms with Gasteiger partial charge in [-0.15, -0.1) is 0 Å². The van der Waals surface area contributed by atoms with Crippen LogP contribution in [-0.2, 0) is 36.0 Å². The average Bonchev–Trinajstić information content (AvgIpc) is 3.47. The zero-order valence-corrected chi connectivity index (χ0v) is 20.0. The molecule has 6 rings (SSSR count). The van der Waals surface area contributed by atoms with Gasteiger partial charge >= 0.3 is 0 Å². The molecule has 0 N–H and O–H groups in total. The van der Waals surface area contributed by atoms with Crippen LogP contribution in [0.1, 0.15) is 49.0 Å². The van der Waals surface area contributed by atoms with Crippen LogP contribution in [0.2, 0.25) is 0 Å². The number of fused-ring (bicyclic) bond motifs is 2. The van der Waals surface area contributed by atoms with Crippen LogP contribution in [0.15, 0.2) is 30.6 Å². The summed E-state index contributed by atoms with van der Waals surface area (Å²) in [6.07, 6.45) is 8.97. The third kappa shape index (κ3) is 3.70. The maximum absolute atomic E-state index is 12.2. The van der Waals surface area contributed by atoms with Gasteiger partial charge in [0.2, 0.25) is 5.91 Å². The van der Waals surface area contributed by atoms with Crippen molar-refractivity contribution in [1.82, 2.24) is 24.5 Å². The van der Waals surface area contributed by atoms with Gasteiger partial charge in [-0.2, -0.15) is 10.2 Å². The van der Waals surface area contributed by atoms with Crippen LogP contribution in [0.25, 0.3) is 11.1 Å². The quantitative estimate of drug-likeness (QED) is 0.597. The van der Waals surface area contributed by atoms with Gasteiger partial charge in [0.1, 0.15) is 0 Å². The summed E-state index contributed by atoms with van der Waals surface area (Å²) in [7, 11) is 1.95. The first-order valence-electron chi connectivity index (χ1n) is 12.4. The predicted octanol–water partition coefficient (Wildman–Crippen LogP) is 3.62. The first-order chi connectivity index (χ1) is 16.6. The van der Waals surface area contributed by atoms with E-state index in [0.717, 1.165) is 69.8 Å². The Labute approximate surface area is 200 Å². The zero-order valence-electron chi connectivity index (χ0n) is 20.0. The molecule has 1 fully saturated rings. The number of nitrogens with zero attached hydrogens (tertiary/aromatic N) is 6. The van der Waals surface area contributed by atoms with Crippen molar-refractivity contribution < 1.29 is 9.53 Å². The second-order valence-electron chi connectivity index (χ2n) is 9.73. The SMILES string of the molecule is CC(=O)N1CCc2c(c(N3CCCc4cc(-c5cnn(C)c5)ccc43)nn2C2CCOCC2)C1. The van der Waals surface area contributed by atoms with E-state index in [4.69, 9.17) is 9.84 Å². The molecule has 178 valence electrons. The van der Waals surface area contributed by atoms with Crippen LogP contribution in [0.5, 0.6) is 0 Å². The number of amides is 1. The van der Waals surface area contributed by atoms with E-state index in [1.54, 1.807) is 6.92 Å². The van der Waals surface area contributed by atoms with Crippen LogP contribution in [0.3, 0.4) is 0 Å². The van der Waals surface area contributed by atoms with Gasteiger partial charge in [-0.05, 0) is 48.9 Å². The second-order valence-corrected chi connectivity index (χ2v) is 9.73. The van der Waals surface area contributed by atoms with Crippen molar-refractivity contribution in [3.8, 4) is 11.1 Å². The first-order valence-corrected chi connectivity index (χ1v) is 12.4. The number of carbonyl (C=O) groups excluding carboxylic acids is 1. The molecular formula is C26H32N6O2. The Bertz CT molecular complexity index is 1220. The Morgan fingerprint density at radius 2 is 1.97 bits per heavy atom. The molecule has 0 atom stereocenters. The van der Waals surface area contributed by atoms with Gasteiger partial charge in [-0.25, -0.2) is 0 Å². The third-order valence-corrected chi connectivity index (χ3v) is 7.54. The number of aryl methyl sites for hydroxylation is 2. The minimum atomic E-state index is 0.135. The van der Waals surface area contributed by atoms with E-state index >= 15 is 0 Å². The summed E-state index contributed by atoms with van der Waals surface area (Å²) in [5.41, 5.74) is 7.45. The molecule has 3 aliphatic heterocycles. The first kappa shape index (κ1) is 21.4. The molecule has 5 heterocycles. The van der Waals surface area contributed by atoms with Crippen LogP contribution in [0, 0.1) is 0 Å². The highest BCUT2D eigenvalue weighted by molar-refractivity contribution is 5.76. The number of benzene rings is 1. The number of hydrogen-bond donors (Lipinski definition) is 0. The molecule has 1 amide bonds. The van der Waals surface area contributed by atoms with Gasteiger partial charge in [0.25, 0.3) is 0 Å². The minimum absolute atomic E-state index is 0.135. The van der Waals surface area contributed by atoms with Crippen LogP contribution in [0.4, 0.5) is 11.5 Å². The fourth-order valence-corrected chi connectivity index (χ4v) is 5.71. The fourth-order valence-electron chi connectivity index (χ4n) is 5.71. The van der Waals surface area contributed by atoms with E-state index in [1.807, 2.05) is 22.8 Å². The molecule has 0 aliphatic carbocycles. The molecule has 3 aromatic rings. The topological polar surface area (TPSA) is 68.4 Å². The summed E-state index contributed by atoms with van der Waals surface area (Å²) in [4.78, 5) is 16.6. The molecule has 34 heavy (non-hydrogen) atoms. The number of ether oxygens (including phenoxy) is 1. The molecule has 0 bridgehead atoms. The Balaban J connectivity index is 1.41. The molecule has 0 spiro atoms. The lowest BCUT2D eigenvalue weighted by Gasteiger charge is -2.32. The smallest absolute Gasteiger partial charge is 0.219 e. The third-order valence-electron chi connectivity index (χ3n) is 7.54. The number of aromatic nitrogens is 4. The summed E-state index contributed by atoms with van der Waals surface area (Å²) in [6.45, 7) is 5.60.